The molecular formula is C13H22N2O5. The molecule has 2 saturated heterocycles. The Hall–Kier alpha value is -1.34. The van der Waals surface area contributed by atoms with E-state index in [1.54, 1.807) is 11.8 Å². The number of nitrogens with zero attached hydrogens (tertiary/aromatic N) is 2. The smallest absolute Gasteiger partial charge is 0.326 e. The normalized spacial score (nSPS) is 31.6. The molecule has 2 aliphatic heterocycles. The highest BCUT2D eigenvalue weighted by atomic mass is 16.5. The van der Waals surface area contributed by atoms with Crippen molar-refractivity contribution in [1.29, 1.82) is 0 Å². The molecule has 0 aromatic heterocycles. The lowest BCUT2D eigenvalue weighted by Gasteiger charge is -2.27. The molecular weight excluding hydrogens is 264 g/mol. The lowest BCUT2D eigenvalue weighted by atomic mass is 10.0. The molecule has 0 aromatic rings. The summed E-state index contributed by atoms with van der Waals surface area (Å²) in [4.78, 5) is 26.7. The maximum Gasteiger partial charge on any atom is 0.326 e. The zero-order chi connectivity index (χ0) is 14.9. The number of hydrogen-bond donors (Lipinski definition) is 2. The number of urea groups is 1. The second-order valence-electron chi connectivity index (χ2n) is 5.62. The van der Waals surface area contributed by atoms with Crippen LogP contribution in [-0.2, 0) is 9.53 Å². The molecule has 2 N–H and O–H groups in total. The summed E-state index contributed by atoms with van der Waals surface area (Å²) >= 11 is 0. The van der Waals surface area contributed by atoms with Gasteiger partial charge in [-0.3, -0.25) is 0 Å². The molecule has 2 rings (SSSR count). The van der Waals surface area contributed by atoms with Crippen molar-refractivity contribution in [1.82, 2.24) is 9.80 Å². The molecule has 0 aliphatic carbocycles. The number of carbonyl (C=O) groups is 2. The summed E-state index contributed by atoms with van der Waals surface area (Å²) in [6.45, 7) is 3.07. The summed E-state index contributed by atoms with van der Waals surface area (Å²) in [5.74, 6) is -0.924. The van der Waals surface area contributed by atoms with Crippen LogP contribution in [-0.4, -0.2) is 77.0 Å². The molecule has 7 nitrogen and oxygen atoms in total. The molecule has 2 heterocycles. The van der Waals surface area contributed by atoms with Gasteiger partial charge in [0.25, 0.3) is 0 Å². The number of aliphatic carboxylic acids is 1. The summed E-state index contributed by atoms with van der Waals surface area (Å²) in [7, 11) is 1.52. The Balaban J connectivity index is 2.02. The maximum absolute atomic E-state index is 12.4. The molecule has 2 fully saturated rings. The van der Waals surface area contributed by atoms with Crippen LogP contribution in [0.3, 0.4) is 0 Å². The first kappa shape index (κ1) is 15.1. The summed E-state index contributed by atoms with van der Waals surface area (Å²) in [6.07, 6.45) is 0.400. The van der Waals surface area contributed by atoms with Gasteiger partial charge in [-0.15, -0.1) is 0 Å². The van der Waals surface area contributed by atoms with Crippen LogP contribution in [0.1, 0.15) is 19.8 Å². The molecule has 0 radical (unpaired) electrons. The average molecular weight is 286 g/mol. The van der Waals surface area contributed by atoms with Crippen LogP contribution in [0.4, 0.5) is 4.79 Å². The van der Waals surface area contributed by atoms with Gasteiger partial charge in [-0.2, -0.15) is 0 Å². The summed E-state index contributed by atoms with van der Waals surface area (Å²) in [5, 5.41) is 18.8. The number of amides is 2. The lowest BCUT2D eigenvalue weighted by Crippen LogP contribution is -2.47. The van der Waals surface area contributed by atoms with Gasteiger partial charge in [0, 0.05) is 39.1 Å². The minimum Gasteiger partial charge on any atom is -0.480 e. The van der Waals surface area contributed by atoms with Crippen LogP contribution >= 0.6 is 0 Å². The van der Waals surface area contributed by atoms with E-state index in [-0.39, 0.29) is 18.1 Å². The Morgan fingerprint density at radius 1 is 1.35 bits per heavy atom. The fourth-order valence-electron chi connectivity index (χ4n) is 2.95. The highest BCUT2D eigenvalue weighted by Crippen LogP contribution is 2.26. The first-order valence-electron chi connectivity index (χ1n) is 6.93. The number of ether oxygens (including phenoxy) is 1. The van der Waals surface area contributed by atoms with Crippen molar-refractivity contribution in [2.75, 3.05) is 26.7 Å². The van der Waals surface area contributed by atoms with Crippen LogP contribution < -0.4 is 0 Å². The molecule has 2 aliphatic rings. The monoisotopic (exact) mass is 286 g/mol. The molecule has 2 amide bonds. The SMILES string of the molecule is COC1CC(C(=O)O)N(C(=O)N2CCC(C(C)O)C2)C1. The van der Waals surface area contributed by atoms with Crippen LogP contribution in [0, 0.1) is 5.92 Å². The molecule has 4 atom stereocenters. The van der Waals surface area contributed by atoms with Crippen molar-refractivity contribution in [3.63, 3.8) is 0 Å². The van der Waals surface area contributed by atoms with E-state index in [0.29, 0.717) is 26.1 Å². The van der Waals surface area contributed by atoms with Crippen LogP contribution in [0.2, 0.25) is 0 Å². The number of aliphatic hydroxyl groups is 1. The molecule has 0 bridgehead atoms. The van der Waals surface area contributed by atoms with E-state index in [2.05, 4.69) is 0 Å². The van der Waals surface area contributed by atoms with Crippen molar-refractivity contribution in [3.05, 3.63) is 0 Å². The quantitative estimate of drug-likeness (QED) is 0.761. The first-order chi connectivity index (χ1) is 9.43. The largest absolute Gasteiger partial charge is 0.480 e. The number of rotatable bonds is 3. The van der Waals surface area contributed by atoms with Gasteiger partial charge < -0.3 is 24.7 Å². The Bertz CT molecular complexity index is 387. The number of likely N-dealkylation sites (tertiary alicyclic amines) is 2. The van der Waals surface area contributed by atoms with Gasteiger partial charge >= 0.3 is 12.0 Å². The number of aliphatic hydroxyl groups excluding tert-OH is 1. The average Bonchev–Trinajstić information content (AvgIpc) is 3.04. The van der Waals surface area contributed by atoms with Gasteiger partial charge in [-0.05, 0) is 13.3 Å². The molecule has 7 heteroatoms. The van der Waals surface area contributed by atoms with Gasteiger partial charge in [0.05, 0.1) is 12.2 Å². The van der Waals surface area contributed by atoms with Crippen molar-refractivity contribution in [2.45, 2.75) is 38.0 Å². The third-order valence-corrected chi connectivity index (χ3v) is 4.30. The van der Waals surface area contributed by atoms with Gasteiger partial charge in [0.1, 0.15) is 6.04 Å². The zero-order valence-corrected chi connectivity index (χ0v) is 11.9. The standard InChI is InChI=1S/C13H22N2O5/c1-8(16)9-3-4-14(6-9)13(19)15-7-10(20-2)5-11(15)12(17)18/h8-11,16H,3-7H2,1-2H3,(H,17,18). The fourth-order valence-corrected chi connectivity index (χ4v) is 2.95. The summed E-state index contributed by atoms with van der Waals surface area (Å²) in [6, 6.07) is -1.09. The first-order valence-corrected chi connectivity index (χ1v) is 6.93. The van der Waals surface area contributed by atoms with Gasteiger partial charge in [-0.25, -0.2) is 9.59 Å². The minimum atomic E-state index is -0.996. The predicted octanol–water partition coefficient (Wildman–Crippen LogP) is -0.0170. The Morgan fingerprint density at radius 3 is 2.55 bits per heavy atom. The van der Waals surface area contributed by atoms with Crippen LogP contribution in [0.15, 0.2) is 0 Å². The molecule has 0 aromatic carbocycles. The van der Waals surface area contributed by atoms with E-state index < -0.39 is 18.1 Å². The highest BCUT2D eigenvalue weighted by Gasteiger charge is 2.42. The van der Waals surface area contributed by atoms with Crippen molar-refractivity contribution >= 4 is 12.0 Å². The van der Waals surface area contributed by atoms with Crippen molar-refractivity contribution < 1.29 is 24.5 Å². The molecule has 4 unspecified atom stereocenters. The topological polar surface area (TPSA) is 90.3 Å². The highest BCUT2D eigenvalue weighted by molar-refractivity contribution is 5.83. The van der Waals surface area contributed by atoms with Crippen LogP contribution in [0.25, 0.3) is 0 Å². The number of carboxylic acid groups (broad SMARTS) is 1. The Morgan fingerprint density at radius 2 is 2.05 bits per heavy atom. The van der Waals surface area contributed by atoms with Gasteiger partial charge in [-0.1, -0.05) is 0 Å². The van der Waals surface area contributed by atoms with Crippen LogP contribution in [0.5, 0.6) is 0 Å². The number of carboxylic acids is 1. The third-order valence-electron chi connectivity index (χ3n) is 4.30. The molecule has 114 valence electrons. The van der Waals surface area contributed by atoms with Crippen molar-refractivity contribution in [2.24, 2.45) is 5.92 Å². The predicted molar refractivity (Wildman–Crippen MR) is 70.3 cm³/mol. The molecule has 0 spiro atoms. The molecule has 0 saturated carbocycles. The number of hydrogen-bond acceptors (Lipinski definition) is 4. The van der Waals surface area contributed by atoms with E-state index in [9.17, 15) is 19.8 Å². The van der Waals surface area contributed by atoms with E-state index >= 15 is 0 Å². The van der Waals surface area contributed by atoms with Gasteiger partial charge in [0.2, 0.25) is 0 Å². The van der Waals surface area contributed by atoms with Gasteiger partial charge in [0.15, 0.2) is 0 Å². The fraction of sp³-hybridized carbons (Fsp3) is 0.846. The summed E-state index contributed by atoms with van der Waals surface area (Å²) < 4.78 is 5.18. The van der Waals surface area contributed by atoms with E-state index in [0.717, 1.165) is 6.42 Å². The van der Waals surface area contributed by atoms with E-state index in [1.807, 2.05) is 0 Å². The lowest BCUT2D eigenvalue weighted by molar-refractivity contribution is -0.141. The molecule has 20 heavy (non-hydrogen) atoms. The Kier molecular flexibility index (Phi) is 4.49. The number of methoxy groups -OCH3 is 1. The second kappa shape index (κ2) is 5.97. The second-order valence-corrected chi connectivity index (χ2v) is 5.62. The summed E-state index contributed by atoms with van der Waals surface area (Å²) in [5.41, 5.74) is 0. The Labute approximate surface area is 118 Å². The minimum absolute atomic E-state index is 0.0723. The maximum atomic E-state index is 12.4. The van der Waals surface area contributed by atoms with E-state index in [1.165, 1.54) is 12.0 Å². The number of carbonyl (C=O) groups excluding carboxylic acids is 1. The third kappa shape index (κ3) is 2.88. The van der Waals surface area contributed by atoms with E-state index in [4.69, 9.17) is 4.74 Å². The van der Waals surface area contributed by atoms with Crippen molar-refractivity contribution in [3.8, 4) is 0 Å². The zero-order valence-electron chi connectivity index (χ0n) is 11.9.